The van der Waals surface area contributed by atoms with E-state index in [4.69, 9.17) is 18.5 Å². The second kappa shape index (κ2) is 9.61. The summed E-state index contributed by atoms with van der Waals surface area (Å²) in [6, 6.07) is 0. The lowest BCUT2D eigenvalue weighted by atomic mass is 10.3. The first-order valence-electron chi connectivity index (χ1n) is 6.62. The number of hydrogen-bond acceptors (Lipinski definition) is 6. The molecule has 0 aliphatic heterocycles. The Bertz CT molecular complexity index is 291. The van der Waals surface area contributed by atoms with Crippen LogP contribution >= 0.6 is 7.60 Å². The predicted molar refractivity (Wildman–Crippen MR) is 72.4 cm³/mol. The summed E-state index contributed by atoms with van der Waals surface area (Å²) in [6.45, 7) is 9.51. The molecule has 0 radical (unpaired) electrons. The number of carbonyl (C=O) groups is 1. The number of ketones is 1. The highest BCUT2D eigenvalue weighted by Crippen LogP contribution is 2.53. The monoisotopic (exact) mass is 296 g/mol. The molecule has 1 unspecified atom stereocenters. The van der Waals surface area contributed by atoms with Crippen molar-refractivity contribution in [1.82, 2.24) is 0 Å². The number of ether oxygens (including phenoxy) is 2. The molecule has 114 valence electrons. The van der Waals surface area contributed by atoms with Crippen LogP contribution in [0.25, 0.3) is 0 Å². The zero-order valence-electron chi connectivity index (χ0n) is 12.4. The second-order valence-corrected chi connectivity index (χ2v) is 6.07. The van der Waals surface area contributed by atoms with Crippen molar-refractivity contribution >= 4 is 13.4 Å². The van der Waals surface area contributed by atoms with Gasteiger partial charge in [0.2, 0.25) is 12.1 Å². The van der Waals surface area contributed by atoms with Crippen LogP contribution in [0.3, 0.4) is 0 Å². The van der Waals surface area contributed by atoms with E-state index in [1.807, 2.05) is 0 Å². The van der Waals surface area contributed by atoms with E-state index in [2.05, 4.69) is 0 Å². The predicted octanol–water partition coefficient (Wildman–Crippen LogP) is 2.61. The van der Waals surface area contributed by atoms with E-state index in [1.165, 1.54) is 6.92 Å². The van der Waals surface area contributed by atoms with Crippen molar-refractivity contribution in [3.8, 4) is 0 Å². The first-order valence-corrected chi connectivity index (χ1v) is 8.23. The van der Waals surface area contributed by atoms with E-state index in [9.17, 15) is 9.36 Å². The van der Waals surface area contributed by atoms with Crippen LogP contribution in [0.4, 0.5) is 0 Å². The van der Waals surface area contributed by atoms with Crippen molar-refractivity contribution in [2.75, 3.05) is 26.4 Å². The normalized spacial score (nSPS) is 13.8. The lowest BCUT2D eigenvalue weighted by Gasteiger charge is -2.25. The summed E-state index contributed by atoms with van der Waals surface area (Å²) in [7, 11) is -3.48. The van der Waals surface area contributed by atoms with Crippen molar-refractivity contribution in [1.29, 1.82) is 0 Å². The molecule has 0 saturated carbocycles. The van der Waals surface area contributed by atoms with Gasteiger partial charge in [-0.3, -0.25) is 9.36 Å². The van der Waals surface area contributed by atoms with Crippen LogP contribution in [0.15, 0.2) is 0 Å². The van der Waals surface area contributed by atoms with Gasteiger partial charge in [0.05, 0.1) is 13.2 Å². The molecule has 0 bridgehead atoms. The van der Waals surface area contributed by atoms with Crippen LogP contribution < -0.4 is 0 Å². The summed E-state index contributed by atoms with van der Waals surface area (Å²) >= 11 is 0. The summed E-state index contributed by atoms with van der Waals surface area (Å²) in [5.41, 5.74) is -0.921. The van der Waals surface area contributed by atoms with Crippen LogP contribution in [-0.4, -0.2) is 44.2 Å². The van der Waals surface area contributed by atoms with Crippen molar-refractivity contribution < 1.29 is 27.9 Å². The molecule has 0 amide bonds. The Labute approximate surface area is 115 Å². The van der Waals surface area contributed by atoms with Crippen molar-refractivity contribution in [3.63, 3.8) is 0 Å². The SMILES string of the molecule is CCOC(OCC)C(=O)C(C)P(=O)(OCC)OCC. The minimum atomic E-state index is -3.48. The molecule has 0 aromatic rings. The summed E-state index contributed by atoms with van der Waals surface area (Å²) in [5.74, 6) is -0.422. The Hall–Kier alpha value is -0.260. The molecule has 0 rings (SSSR count). The average molecular weight is 296 g/mol. The zero-order valence-corrected chi connectivity index (χ0v) is 13.3. The van der Waals surface area contributed by atoms with Gasteiger partial charge in [-0.2, -0.15) is 0 Å². The van der Waals surface area contributed by atoms with E-state index < -0.39 is 25.3 Å². The summed E-state index contributed by atoms with van der Waals surface area (Å²) in [4.78, 5) is 12.2. The Kier molecular flexibility index (Phi) is 9.48. The Morgan fingerprint density at radius 2 is 1.37 bits per heavy atom. The van der Waals surface area contributed by atoms with Gasteiger partial charge < -0.3 is 18.5 Å². The van der Waals surface area contributed by atoms with Gasteiger partial charge in [0.15, 0.2) is 0 Å². The third-order valence-electron chi connectivity index (χ3n) is 2.37. The number of rotatable bonds is 11. The number of hydrogen-bond donors (Lipinski definition) is 0. The lowest BCUT2D eigenvalue weighted by Crippen LogP contribution is -2.35. The average Bonchev–Trinajstić information content (AvgIpc) is 2.37. The van der Waals surface area contributed by atoms with E-state index >= 15 is 0 Å². The molecule has 0 N–H and O–H groups in total. The van der Waals surface area contributed by atoms with Crippen molar-refractivity contribution in [3.05, 3.63) is 0 Å². The van der Waals surface area contributed by atoms with Crippen LogP contribution in [0, 0.1) is 0 Å². The Morgan fingerprint density at radius 1 is 0.947 bits per heavy atom. The second-order valence-electron chi connectivity index (χ2n) is 3.70. The maximum Gasteiger partial charge on any atom is 0.341 e. The van der Waals surface area contributed by atoms with Gasteiger partial charge in [0.25, 0.3) is 0 Å². The molecule has 1 atom stereocenters. The molecule has 19 heavy (non-hydrogen) atoms. The highest BCUT2D eigenvalue weighted by atomic mass is 31.2. The molecule has 0 spiro atoms. The van der Waals surface area contributed by atoms with Crippen LogP contribution in [0.1, 0.15) is 34.6 Å². The molecule has 0 aliphatic rings. The van der Waals surface area contributed by atoms with Crippen LogP contribution in [-0.2, 0) is 27.9 Å². The molecule has 0 fully saturated rings. The first-order chi connectivity index (χ1) is 8.96. The Morgan fingerprint density at radius 3 is 1.68 bits per heavy atom. The molecule has 0 saturated heterocycles. The van der Waals surface area contributed by atoms with Gasteiger partial charge in [-0.1, -0.05) is 0 Å². The molecular weight excluding hydrogens is 271 g/mol. The van der Waals surface area contributed by atoms with Crippen LogP contribution in [0.5, 0.6) is 0 Å². The highest BCUT2D eigenvalue weighted by molar-refractivity contribution is 7.55. The van der Waals surface area contributed by atoms with E-state index in [1.54, 1.807) is 27.7 Å². The third kappa shape index (κ3) is 5.71. The lowest BCUT2D eigenvalue weighted by molar-refractivity contribution is -0.167. The first kappa shape index (κ1) is 18.7. The zero-order chi connectivity index (χ0) is 14.9. The largest absolute Gasteiger partial charge is 0.346 e. The molecule has 6 nitrogen and oxygen atoms in total. The van der Waals surface area contributed by atoms with Gasteiger partial charge in [0.1, 0.15) is 5.66 Å². The Balaban J connectivity index is 4.94. The molecule has 0 aliphatic carbocycles. The van der Waals surface area contributed by atoms with E-state index in [0.717, 1.165) is 0 Å². The van der Waals surface area contributed by atoms with Gasteiger partial charge in [-0.05, 0) is 34.6 Å². The van der Waals surface area contributed by atoms with Gasteiger partial charge in [-0.15, -0.1) is 0 Å². The quantitative estimate of drug-likeness (QED) is 0.431. The van der Waals surface area contributed by atoms with Gasteiger partial charge >= 0.3 is 7.60 Å². The maximum absolute atomic E-state index is 12.5. The molecule has 0 aromatic carbocycles. The smallest absolute Gasteiger partial charge is 0.341 e. The molecule has 7 heteroatoms. The molecule has 0 heterocycles. The number of carbonyl (C=O) groups excluding carboxylic acids is 1. The topological polar surface area (TPSA) is 71.1 Å². The van der Waals surface area contributed by atoms with Gasteiger partial charge in [-0.25, -0.2) is 0 Å². The highest BCUT2D eigenvalue weighted by Gasteiger charge is 2.40. The third-order valence-corrected chi connectivity index (χ3v) is 4.81. The minimum Gasteiger partial charge on any atom is -0.346 e. The maximum atomic E-state index is 12.5. The standard InChI is InChI=1S/C12H25O6P/c1-6-15-12(16-7-2)11(13)10(5)19(14,17-8-3)18-9-4/h10,12H,6-9H2,1-5H3. The fraction of sp³-hybridized carbons (Fsp3) is 0.917. The van der Waals surface area contributed by atoms with Crippen molar-refractivity contribution in [2.45, 2.75) is 46.6 Å². The fourth-order valence-electron chi connectivity index (χ4n) is 1.49. The molecular formula is C12H25O6P. The van der Waals surface area contributed by atoms with E-state index in [-0.39, 0.29) is 13.2 Å². The van der Waals surface area contributed by atoms with Crippen LogP contribution in [0.2, 0.25) is 0 Å². The summed E-state index contributed by atoms with van der Waals surface area (Å²) in [5, 5.41) is 0. The summed E-state index contributed by atoms with van der Waals surface area (Å²) < 4.78 is 33.2. The van der Waals surface area contributed by atoms with Crippen molar-refractivity contribution in [2.24, 2.45) is 0 Å². The number of Topliss-reactive ketones (excluding diaryl/α,β-unsaturated/α-hetero) is 1. The fourth-order valence-corrected chi connectivity index (χ4v) is 3.16. The minimum absolute atomic E-state index is 0.211. The van der Waals surface area contributed by atoms with E-state index in [0.29, 0.717) is 13.2 Å². The summed E-state index contributed by atoms with van der Waals surface area (Å²) in [6.07, 6.45) is -1.03. The van der Waals surface area contributed by atoms with Gasteiger partial charge in [0, 0.05) is 13.2 Å². The molecule has 0 aromatic heterocycles.